The summed E-state index contributed by atoms with van der Waals surface area (Å²) in [5.74, 6) is 0. The molecule has 1 saturated heterocycles. The van der Waals surface area contributed by atoms with Crippen LogP contribution in [0.4, 0.5) is 4.79 Å². The van der Waals surface area contributed by atoms with Crippen LogP contribution in [0.15, 0.2) is 0 Å². The summed E-state index contributed by atoms with van der Waals surface area (Å²) in [6, 6.07) is -0.472. The lowest BCUT2D eigenvalue weighted by Gasteiger charge is -2.25. The van der Waals surface area contributed by atoms with Crippen molar-refractivity contribution in [3.63, 3.8) is 0 Å². The van der Waals surface area contributed by atoms with Crippen LogP contribution in [-0.2, 0) is 19.2 Å². The topological polar surface area (TPSA) is 72.9 Å². The highest BCUT2D eigenvalue weighted by atomic mass is 32.2. The van der Waals surface area contributed by atoms with Crippen LogP contribution >= 0.6 is 0 Å². The van der Waals surface area contributed by atoms with Gasteiger partial charge in [0.2, 0.25) is 0 Å². The fraction of sp³-hybridized carbons (Fsp3) is 0.889. The summed E-state index contributed by atoms with van der Waals surface area (Å²) >= 11 is 0. The van der Waals surface area contributed by atoms with Crippen molar-refractivity contribution >= 4 is 16.4 Å². The first-order valence-electron chi connectivity index (χ1n) is 5.09. The summed E-state index contributed by atoms with van der Waals surface area (Å²) in [4.78, 5) is 11.7. The summed E-state index contributed by atoms with van der Waals surface area (Å²) in [5, 5.41) is 0. The maximum atomic E-state index is 11.7. The highest BCUT2D eigenvalue weighted by Crippen LogP contribution is 2.23. The molecule has 1 atom stereocenters. The number of amides is 1. The quantitative estimate of drug-likeness (QED) is 0.702. The zero-order valence-electron chi connectivity index (χ0n) is 9.89. The van der Waals surface area contributed by atoms with Crippen LogP contribution in [0.2, 0.25) is 0 Å². The van der Waals surface area contributed by atoms with Gasteiger partial charge in [0.25, 0.3) is 0 Å². The molecule has 1 aliphatic rings. The van der Waals surface area contributed by atoms with Gasteiger partial charge in [-0.2, -0.15) is 12.7 Å². The van der Waals surface area contributed by atoms with Gasteiger partial charge in [0.15, 0.2) is 0 Å². The Morgan fingerprint density at radius 1 is 1.50 bits per heavy atom. The molecule has 1 aliphatic heterocycles. The third kappa shape index (κ3) is 2.85. The van der Waals surface area contributed by atoms with Crippen LogP contribution in [0.25, 0.3) is 0 Å². The first-order valence-corrected chi connectivity index (χ1v) is 6.45. The van der Waals surface area contributed by atoms with Crippen molar-refractivity contribution in [3.8, 4) is 0 Å². The molecule has 7 heteroatoms. The van der Waals surface area contributed by atoms with Crippen molar-refractivity contribution in [2.45, 2.75) is 45.8 Å². The van der Waals surface area contributed by atoms with Crippen LogP contribution in [-0.4, -0.2) is 37.1 Å². The van der Waals surface area contributed by atoms with E-state index in [9.17, 15) is 13.2 Å². The fourth-order valence-electron chi connectivity index (χ4n) is 1.30. The molecule has 94 valence electrons. The molecule has 6 nitrogen and oxygen atoms in total. The number of carbonyl (C=O) groups excluding carboxylic acids is 1. The van der Waals surface area contributed by atoms with Crippen molar-refractivity contribution in [2.24, 2.45) is 0 Å². The third-order valence-electron chi connectivity index (χ3n) is 2.03. The van der Waals surface area contributed by atoms with Gasteiger partial charge in [-0.05, 0) is 27.2 Å². The lowest BCUT2D eigenvalue weighted by molar-refractivity contribution is 0.0355. The lowest BCUT2D eigenvalue weighted by Crippen LogP contribution is -2.42. The van der Waals surface area contributed by atoms with E-state index >= 15 is 0 Å². The van der Waals surface area contributed by atoms with E-state index in [1.807, 2.05) is 0 Å². The summed E-state index contributed by atoms with van der Waals surface area (Å²) < 4.78 is 33.2. The average Bonchev–Trinajstić information content (AvgIpc) is 2.37. The van der Waals surface area contributed by atoms with Gasteiger partial charge in [-0.15, -0.1) is 0 Å². The molecule has 0 aliphatic carbocycles. The van der Waals surface area contributed by atoms with Gasteiger partial charge >= 0.3 is 16.4 Å². The minimum Gasteiger partial charge on any atom is -0.443 e. The van der Waals surface area contributed by atoms with E-state index < -0.39 is 28.0 Å². The number of ether oxygens (including phenoxy) is 1. The lowest BCUT2D eigenvalue weighted by atomic mass is 10.2. The molecule has 0 aromatic rings. The molecule has 0 aromatic heterocycles. The Balaban J connectivity index is 2.88. The molecular weight excluding hydrogens is 234 g/mol. The van der Waals surface area contributed by atoms with E-state index in [1.165, 1.54) is 0 Å². The first kappa shape index (κ1) is 13.2. The molecule has 1 heterocycles. The summed E-state index contributed by atoms with van der Waals surface area (Å²) in [6.45, 7) is 6.81. The van der Waals surface area contributed by atoms with E-state index in [-0.39, 0.29) is 6.61 Å². The standard InChI is InChI=1S/C9H17NO5S/c1-5-7-6-14-16(12,13)10(7)8(11)15-9(2,3)4/h7H,5-6H2,1-4H3/t7-/m1/s1. The smallest absolute Gasteiger partial charge is 0.426 e. The largest absolute Gasteiger partial charge is 0.443 e. The number of hydrogen-bond acceptors (Lipinski definition) is 5. The average molecular weight is 251 g/mol. The molecule has 0 bridgehead atoms. The zero-order chi connectivity index (χ0) is 12.6. The molecule has 0 saturated carbocycles. The SMILES string of the molecule is CC[C@@H]1COS(=O)(=O)N1C(=O)OC(C)(C)C. The van der Waals surface area contributed by atoms with Crippen molar-refractivity contribution in [2.75, 3.05) is 6.61 Å². The van der Waals surface area contributed by atoms with Crippen LogP contribution in [0.1, 0.15) is 34.1 Å². The van der Waals surface area contributed by atoms with Gasteiger partial charge in [0.05, 0.1) is 12.6 Å². The maximum absolute atomic E-state index is 11.7. The molecule has 0 unspecified atom stereocenters. The Bertz CT molecular complexity index is 370. The minimum atomic E-state index is -3.96. The first-order chi connectivity index (χ1) is 7.17. The predicted octanol–water partition coefficient (Wildman–Crippen LogP) is 1.28. The van der Waals surface area contributed by atoms with E-state index in [2.05, 4.69) is 4.18 Å². The van der Waals surface area contributed by atoms with Crippen LogP contribution in [0.3, 0.4) is 0 Å². The van der Waals surface area contributed by atoms with Crippen LogP contribution < -0.4 is 0 Å². The maximum Gasteiger partial charge on any atom is 0.426 e. The number of nitrogens with zero attached hydrogens (tertiary/aromatic N) is 1. The van der Waals surface area contributed by atoms with Crippen molar-refractivity contribution in [1.29, 1.82) is 0 Å². The normalized spacial score (nSPS) is 24.5. The molecule has 16 heavy (non-hydrogen) atoms. The summed E-state index contributed by atoms with van der Waals surface area (Å²) in [7, 11) is -3.96. The Morgan fingerprint density at radius 3 is 2.50 bits per heavy atom. The van der Waals surface area contributed by atoms with E-state index in [0.29, 0.717) is 10.7 Å². The Kier molecular flexibility index (Phi) is 3.49. The van der Waals surface area contributed by atoms with Gasteiger partial charge < -0.3 is 4.74 Å². The van der Waals surface area contributed by atoms with Gasteiger partial charge in [-0.25, -0.2) is 4.79 Å². The number of carbonyl (C=O) groups is 1. The number of rotatable bonds is 1. The van der Waals surface area contributed by atoms with Gasteiger partial charge in [-0.3, -0.25) is 4.18 Å². The van der Waals surface area contributed by atoms with Gasteiger partial charge in [0.1, 0.15) is 5.60 Å². The third-order valence-corrected chi connectivity index (χ3v) is 3.39. The molecule has 0 N–H and O–H groups in total. The molecule has 0 aromatic carbocycles. The Hall–Kier alpha value is -0.820. The predicted molar refractivity (Wildman–Crippen MR) is 57.0 cm³/mol. The van der Waals surface area contributed by atoms with Crippen LogP contribution in [0.5, 0.6) is 0 Å². The highest BCUT2D eigenvalue weighted by Gasteiger charge is 2.43. The Labute approximate surface area is 95.8 Å². The molecule has 0 radical (unpaired) electrons. The second kappa shape index (κ2) is 4.21. The van der Waals surface area contributed by atoms with Crippen molar-refractivity contribution in [3.05, 3.63) is 0 Å². The molecular formula is C9H17NO5S. The van der Waals surface area contributed by atoms with Gasteiger partial charge in [-0.1, -0.05) is 6.92 Å². The Morgan fingerprint density at radius 2 is 2.06 bits per heavy atom. The molecule has 1 rings (SSSR count). The zero-order valence-corrected chi connectivity index (χ0v) is 10.7. The summed E-state index contributed by atoms with van der Waals surface area (Å²) in [6.07, 6.45) is -0.379. The fourth-order valence-corrected chi connectivity index (χ4v) is 2.54. The van der Waals surface area contributed by atoms with E-state index in [4.69, 9.17) is 4.74 Å². The molecule has 0 spiro atoms. The number of hydrogen-bond donors (Lipinski definition) is 0. The van der Waals surface area contributed by atoms with Gasteiger partial charge in [0, 0.05) is 0 Å². The summed E-state index contributed by atoms with van der Waals surface area (Å²) in [5.41, 5.74) is -0.729. The minimum absolute atomic E-state index is 0.00191. The second-order valence-corrected chi connectivity index (χ2v) is 6.07. The molecule has 1 fully saturated rings. The van der Waals surface area contributed by atoms with Crippen molar-refractivity contribution in [1.82, 2.24) is 4.31 Å². The van der Waals surface area contributed by atoms with E-state index in [0.717, 1.165) is 0 Å². The van der Waals surface area contributed by atoms with E-state index in [1.54, 1.807) is 27.7 Å². The molecule has 1 amide bonds. The monoisotopic (exact) mass is 251 g/mol. The second-order valence-electron chi connectivity index (χ2n) is 4.58. The highest BCUT2D eigenvalue weighted by molar-refractivity contribution is 7.85. The van der Waals surface area contributed by atoms with Crippen molar-refractivity contribution < 1.29 is 22.1 Å². The van der Waals surface area contributed by atoms with Crippen LogP contribution in [0, 0.1) is 0 Å².